The van der Waals surface area contributed by atoms with E-state index in [1.807, 2.05) is 18.2 Å². The second kappa shape index (κ2) is 3.42. The Hall–Kier alpha value is -1.36. The van der Waals surface area contributed by atoms with Crippen LogP contribution in [-0.2, 0) is 4.74 Å². The molecule has 2 heterocycles. The molecule has 5 heteroatoms. The summed E-state index contributed by atoms with van der Waals surface area (Å²) in [5.74, 6) is -0.407. The van der Waals surface area contributed by atoms with Crippen molar-refractivity contribution >= 4 is 27.5 Å². The third-order valence-electron chi connectivity index (χ3n) is 1.87. The third kappa shape index (κ3) is 1.29. The summed E-state index contributed by atoms with van der Waals surface area (Å²) in [5, 5.41) is 0. The molecule has 2 aromatic heterocycles. The van der Waals surface area contributed by atoms with E-state index in [4.69, 9.17) is 0 Å². The van der Waals surface area contributed by atoms with Crippen molar-refractivity contribution in [3.63, 3.8) is 0 Å². The van der Waals surface area contributed by atoms with Gasteiger partial charge in [0.1, 0.15) is 10.3 Å². The Labute approximate surface area is 88.6 Å². The number of rotatable bonds is 1. The first-order valence-electron chi connectivity index (χ1n) is 3.95. The Balaban J connectivity index is 2.74. The molecule has 4 nitrogen and oxygen atoms in total. The molecule has 0 fully saturated rings. The first kappa shape index (κ1) is 9.21. The summed E-state index contributed by atoms with van der Waals surface area (Å²) >= 11 is 3.22. The summed E-state index contributed by atoms with van der Waals surface area (Å²) in [6, 6.07) is 5.50. The average Bonchev–Trinajstić information content (AvgIpc) is 2.53. The summed E-state index contributed by atoms with van der Waals surface area (Å²) in [4.78, 5) is 15.6. The Kier molecular flexibility index (Phi) is 2.25. The van der Waals surface area contributed by atoms with Gasteiger partial charge in [-0.25, -0.2) is 9.78 Å². The first-order chi connectivity index (χ1) is 6.74. The van der Waals surface area contributed by atoms with Gasteiger partial charge in [-0.3, -0.25) is 4.40 Å². The van der Waals surface area contributed by atoms with Crippen LogP contribution in [0, 0.1) is 0 Å². The van der Waals surface area contributed by atoms with E-state index in [9.17, 15) is 4.79 Å². The molecule has 72 valence electrons. The number of esters is 1. The minimum absolute atomic E-state index is 0.406. The third-order valence-corrected chi connectivity index (χ3v) is 2.42. The lowest BCUT2D eigenvalue weighted by atomic mass is 10.4. The quantitative estimate of drug-likeness (QED) is 0.731. The van der Waals surface area contributed by atoms with Crippen molar-refractivity contribution in [1.29, 1.82) is 0 Å². The number of pyridine rings is 1. The van der Waals surface area contributed by atoms with E-state index in [0.717, 1.165) is 0 Å². The van der Waals surface area contributed by atoms with Crippen LogP contribution in [-0.4, -0.2) is 22.5 Å². The molecule has 0 atom stereocenters. The van der Waals surface area contributed by atoms with E-state index in [-0.39, 0.29) is 0 Å². The smallest absolute Gasteiger partial charge is 0.357 e. The standard InChI is InChI=1S/C9H7BrN2O2/c1-14-9(13)7-8(10)11-6-4-2-3-5-12(6)7/h2-5H,1H3. The lowest BCUT2D eigenvalue weighted by Gasteiger charge is -1.98. The van der Waals surface area contributed by atoms with Crippen molar-refractivity contribution in [3.8, 4) is 0 Å². The van der Waals surface area contributed by atoms with E-state index >= 15 is 0 Å². The van der Waals surface area contributed by atoms with Gasteiger partial charge >= 0.3 is 5.97 Å². The number of imidazole rings is 1. The molecule has 0 N–H and O–H groups in total. The molecule has 0 aliphatic carbocycles. The van der Waals surface area contributed by atoms with Gasteiger partial charge in [0.15, 0.2) is 5.69 Å². The normalized spacial score (nSPS) is 10.4. The lowest BCUT2D eigenvalue weighted by Crippen LogP contribution is -2.05. The zero-order chi connectivity index (χ0) is 10.1. The number of fused-ring (bicyclic) bond motifs is 1. The van der Waals surface area contributed by atoms with Crippen LogP contribution in [0.2, 0.25) is 0 Å². The molecular formula is C9H7BrN2O2. The van der Waals surface area contributed by atoms with Gasteiger partial charge in [0.25, 0.3) is 0 Å². The van der Waals surface area contributed by atoms with E-state index in [0.29, 0.717) is 15.9 Å². The Morgan fingerprint density at radius 3 is 3.07 bits per heavy atom. The van der Waals surface area contributed by atoms with E-state index < -0.39 is 5.97 Å². The van der Waals surface area contributed by atoms with Gasteiger partial charge in [-0.15, -0.1) is 0 Å². The largest absolute Gasteiger partial charge is 0.464 e. The monoisotopic (exact) mass is 254 g/mol. The van der Waals surface area contributed by atoms with Gasteiger partial charge in [0, 0.05) is 6.20 Å². The summed E-state index contributed by atoms with van der Waals surface area (Å²) in [5.41, 5.74) is 1.11. The summed E-state index contributed by atoms with van der Waals surface area (Å²) in [7, 11) is 1.34. The molecule has 14 heavy (non-hydrogen) atoms. The molecule has 0 aliphatic rings. The molecule has 0 unspecified atom stereocenters. The van der Waals surface area contributed by atoms with Crippen LogP contribution in [0.5, 0.6) is 0 Å². The maximum Gasteiger partial charge on any atom is 0.357 e. The summed E-state index contributed by atoms with van der Waals surface area (Å²) in [6.07, 6.45) is 1.76. The van der Waals surface area contributed by atoms with E-state index in [1.54, 1.807) is 10.6 Å². The van der Waals surface area contributed by atoms with Gasteiger partial charge < -0.3 is 4.74 Å². The van der Waals surface area contributed by atoms with Gasteiger partial charge in [-0.2, -0.15) is 0 Å². The number of nitrogens with zero attached hydrogens (tertiary/aromatic N) is 2. The minimum atomic E-state index is -0.407. The van der Waals surface area contributed by atoms with Crippen LogP contribution in [0.4, 0.5) is 0 Å². The zero-order valence-electron chi connectivity index (χ0n) is 7.40. The second-order valence-corrected chi connectivity index (χ2v) is 3.42. The predicted octanol–water partition coefficient (Wildman–Crippen LogP) is 1.88. The fourth-order valence-corrected chi connectivity index (χ4v) is 1.78. The first-order valence-corrected chi connectivity index (χ1v) is 4.74. The van der Waals surface area contributed by atoms with E-state index in [2.05, 4.69) is 25.7 Å². The Morgan fingerprint density at radius 2 is 2.36 bits per heavy atom. The van der Waals surface area contributed by atoms with Crippen molar-refractivity contribution in [2.75, 3.05) is 7.11 Å². The van der Waals surface area contributed by atoms with Gasteiger partial charge in [-0.1, -0.05) is 6.07 Å². The number of halogens is 1. The van der Waals surface area contributed by atoms with Crippen molar-refractivity contribution in [2.24, 2.45) is 0 Å². The molecular weight excluding hydrogens is 248 g/mol. The molecule has 0 aromatic carbocycles. The van der Waals surface area contributed by atoms with Crippen LogP contribution in [0.1, 0.15) is 10.5 Å². The number of carbonyl (C=O) groups is 1. The molecule has 0 aliphatic heterocycles. The number of carbonyl (C=O) groups excluding carboxylic acids is 1. The molecule has 0 bridgehead atoms. The highest BCUT2D eigenvalue weighted by Gasteiger charge is 2.17. The number of aromatic nitrogens is 2. The second-order valence-electron chi connectivity index (χ2n) is 2.67. The SMILES string of the molecule is COC(=O)c1c(Br)nc2ccccn12. The van der Waals surface area contributed by atoms with Gasteiger partial charge in [0.2, 0.25) is 0 Å². The lowest BCUT2D eigenvalue weighted by molar-refractivity contribution is 0.0591. The molecule has 2 rings (SSSR count). The summed E-state index contributed by atoms with van der Waals surface area (Å²) < 4.78 is 6.83. The minimum Gasteiger partial charge on any atom is -0.464 e. The fourth-order valence-electron chi connectivity index (χ4n) is 1.25. The fraction of sp³-hybridized carbons (Fsp3) is 0.111. The van der Waals surface area contributed by atoms with Crippen LogP contribution in [0.3, 0.4) is 0 Å². The number of methoxy groups -OCH3 is 1. The predicted molar refractivity (Wildman–Crippen MR) is 54.2 cm³/mol. The number of hydrogen-bond donors (Lipinski definition) is 0. The number of hydrogen-bond acceptors (Lipinski definition) is 3. The molecule has 0 saturated heterocycles. The highest BCUT2D eigenvalue weighted by atomic mass is 79.9. The topological polar surface area (TPSA) is 43.6 Å². The van der Waals surface area contributed by atoms with Crippen LogP contribution < -0.4 is 0 Å². The van der Waals surface area contributed by atoms with Crippen molar-refractivity contribution < 1.29 is 9.53 Å². The van der Waals surface area contributed by atoms with Crippen molar-refractivity contribution in [2.45, 2.75) is 0 Å². The summed E-state index contributed by atoms with van der Waals surface area (Å²) in [6.45, 7) is 0. The average molecular weight is 255 g/mol. The molecule has 2 aromatic rings. The van der Waals surface area contributed by atoms with Crippen molar-refractivity contribution in [1.82, 2.24) is 9.38 Å². The van der Waals surface area contributed by atoms with E-state index in [1.165, 1.54) is 7.11 Å². The molecule has 0 spiro atoms. The van der Waals surface area contributed by atoms with Crippen LogP contribution in [0.25, 0.3) is 5.65 Å². The molecule has 0 saturated carbocycles. The van der Waals surface area contributed by atoms with Gasteiger partial charge in [-0.05, 0) is 28.1 Å². The highest BCUT2D eigenvalue weighted by Crippen LogP contribution is 2.18. The van der Waals surface area contributed by atoms with Gasteiger partial charge in [0.05, 0.1) is 7.11 Å². The van der Waals surface area contributed by atoms with Crippen molar-refractivity contribution in [3.05, 3.63) is 34.7 Å². The van der Waals surface area contributed by atoms with Crippen LogP contribution in [0.15, 0.2) is 29.0 Å². The molecule has 0 amide bonds. The Morgan fingerprint density at radius 1 is 1.57 bits per heavy atom. The highest BCUT2D eigenvalue weighted by molar-refractivity contribution is 9.10. The maximum absolute atomic E-state index is 11.4. The number of ether oxygens (including phenoxy) is 1. The Bertz CT molecular complexity index is 493. The maximum atomic E-state index is 11.4. The van der Waals surface area contributed by atoms with Crippen LogP contribution >= 0.6 is 15.9 Å². The zero-order valence-corrected chi connectivity index (χ0v) is 8.98. The molecule has 0 radical (unpaired) electrons.